The monoisotopic (exact) mass is 1840 g/mol. The van der Waals surface area contributed by atoms with E-state index in [9.17, 15) is 0 Å². The van der Waals surface area contributed by atoms with E-state index in [1.807, 2.05) is 100 Å². The van der Waals surface area contributed by atoms with Crippen molar-refractivity contribution in [2.75, 3.05) is 0 Å². The molecule has 0 aliphatic heterocycles. The van der Waals surface area contributed by atoms with E-state index >= 15 is 0 Å². The third kappa shape index (κ3) is 14.1. The minimum atomic E-state index is 0.966. The molecule has 0 atom stereocenters. The molecule has 31 aromatic rings. The Bertz CT molecular complexity index is 9730. The van der Waals surface area contributed by atoms with Gasteiger partial charge in [-0.25, -0.2) is 4.98 Å². The average molecular weight is 1840 g/mol. The molecule has 0 aliphatic carbocycles. The molecule has 0 fully saturated rings. The Labute approximate surface area is 795 Å². The van der Waals surface area contributed by atoms with E-state index in [1.54, 1.807) is 58.8 Å². The molecule has 0 saturated carbocycles. The number of nitrogens with zero attached hydrogens (tertiary/aromatic N) is 8. The van der Waals surface area contributed by atoms with Crippen molar-refractivity contribution in [1.29, 1.82) is 0 Å². The third-order valence-corrected chi connectivity index (χ3v) is 32.0. The first-order valence-electron chi connectivity index (χ1n) is 44.3. The number of rotatable bonds is 4. The van der Waals surface area contributed by atoms with Crippen LogP contribution in [0.5, 0.6) is 0 Å². The van der Waals surface area contributed by atoms with Gasteiger partial charge in [0.15, 0.2) is 0 Å². The number of pyridine rings is 2. The fraction of sp³-hybridized carbons (Fsp3) is 0. The van der Waals surface area contributed by atoms with Crippen LogP contribution in [0.25, 0.3) is 234 Å². The van der Waals surface area contributed by atoms with Gasteiger partial charge in [-0.3, -0.25) is 24.1 Å². The Hall–Kier alpha value is -15.6. The van der Waals surface area contributed by atoms with Crippen LogP contribution in [0.3, 0.4) is 0 Å². The van der Waals surface area contributed by atoms with Crippen LogP contribution in [0, 0.1) is 0 Å². The summed E-state index contributed by atoms with van der Waals surface area (Å²) in [7, 11) is 0. The Morgan fingerprint density at radius 2 is 0.634 bits per heavy atom. The highest BCUT2D eigenvalue weighted by molar-refractivity contribution is 7.26. The number of aromatic amines is 1. The number of fused-ring (bicyclic) bond motifs is 31. The number of aromatic nitrogens is 9. The molecule has 15 aromatic heterocycles. The van der Waals surface area contributed by atoms with Crippen molar-refractivity contribution in [3.05, 3.63) is 446 Å². The summed E-state index contributed by atoms with van der Waals surface area (Å²) in [4.78, 5) is 20.5. The van der Waals surface area contributed by atoms with Crippen molar-refractivity contribution in [3.63, 3.8) is 0 Å². The predicted molar refractivity (Wildman–Crippen MR) is 583 cm³/mol. The van der Waals surface area contributed by atoms with Gasteiger partial charge in [-0.1, -0.05) is 249 Å². The molecule has 16 aromatic carbocycles. The molecule has 0 spiro atoms. The van der Waals surface area contributed by atoms with Crippen LogP contribution in [0.4, 0.5) is 0 Å². The summed E-state index contributed by atoms with van der Waals surface area (Å²) in [5, 5.41) is 39.4. The Balaban J connectivity index is 0.0000000873. The van der Waals surface area contributed by atoms with Crippen LogP contribution in [-0.2, 0) is 0 Å². The number of hydrogen-bond acceptors (Lipinski definition) is 11. The normalized spacial score (nSPS) is 11.6. The van der Waals surface area contributed by atoms with Gasteiger partial charge in [0.25, 0.3) is 0 Å². The molecule has 0 bridgehead atoms. The molecule has 0 radical (unpaired) electrons. The SMILES string of the molecule is c1ccc2c(-n3c4ccccc4c4ccc5sccc5c43)cncc2c1.c1ccc2c(c1)[nH]c1c3ccsc3ccc21.c1ccc2c(c1)sc1c(-n3c4ccccc4c4ccc5sccc5c43)cccc12.c1ccc2nc(-n3c4ccccc4c4ccc5sccc5c43)ccc2c1.c1ccc2sc(-n3c4ccccc4c4ccc5sccc5c43)cc2c1.c1ccccc1.c1cnccn1. The average Bonchev–Trinajstić information content (AvgIpc) is 1.57. The highest BCUT2D eigenvalue weighted by Crippen LogP contribution is 2.47. The van der Waals surface area contributed by atoms with Crippen LogP contribution in [0.2, 0.25) is 0 Å². The third-order valence-electron chi connectivity index (χ3n) is 25.3. The van der Waals surface area contributed by atoms with E-state index in [0.717, 1.165) is 27.8 Å². The van der Waals surface area contributed by atoms with Crippen molar-refractivity contribution in [2.45, 2.75) is 0 Å². The first-order chi connectivity index (χ1) is 66.5. The van der Waals surface area contributed by atoms with E-state index in [4.69, 9.17) is 4.98 Å². The lowest BCUT2D eigenvalue weighted by Crippen LogP contribution is -1.97. The smallest absolute Gasteiger partial charge is 0.138 e. The lowest BCUT2D eigenvalue weighted by Gasteiger charge is -2.11. The van der Waals surface area contributed by atoms with Gasteiger partial charge in [-0.05, 0) is 166 Å². The highest BCUT2D eigenvalue weighted by atomic mass is 32.1. The Morgan fingerprint density at radius 1 is 0.224 bits per heavy atom. The molecule has 0 saturated heterocycles. The van der Waals surface area contributed by atoms with Gasteiger partial charge < -0.3 is 14.1 Å². The minimum absolute atomic E-state index is 0.966. The van der Waals surface area contributed by atoms with Gasteiger partial charge in [0.05, 0.1) is 77.4 Å². The second-order valence-corrected chi connectivity index (χ2v) is 39.6. The zero-order valence-corrected chi connectivity index (χ0v) is 77.4. The molecule has 0 unspecified atom stereocenters. The largest absolute Gasteiger partial charge is 0.354 e. The molecule has 16 heteroatoms. The second kappa shape index (κ2) is 34.6. The fourth-order valence-corrected chi connectivity index (χ4v) is 25.7. The highest BCUT2D eigenvalue weighted by Gasteiger charge is 2.24. The van der Waals surface area contributed by atoms with Gasteiger partial charge in [-0.15, -0.1) is 79.4 Å². The number of thiophene rings is 7. The lowest BCUT2D eigenvalue weighted by atomic mass is 10.1. The summed E-state index contributed by atoms with van der Waals surface area (Å²) in [5.74, 6) is 0.966. The number of benzene rings is 16. The molecule has 9 nitrogen and oxygen atoms in total. The Morgan fingerprint density at radius 3 is 1.18 bits per heavy atom. The molecule has 0 aliphatic rings. The first-order valence-corrected chi connectivity index (χ1v) is 50.3. The molecule has 15 heterocycles. The van der Waals surface area contributed by atoms with E-state index in [0.29, 0.717) is 0 Å². The first kappa shape index (κ1) is 80.5. The van der Waals surface area contributed by atoms with Crippen molar-refractivity contribution in [3.8, 4) is 22.2 Å². The quantitative estimate of drug-likeness (QED) is 0.190. The lowest BCUT2D eigenvalue weighted by molar-refractivity contribution is 1.11. The summed E-state index contributed by atoms with van der Waals surface area (Å²) in [5.41, 5.74) is 16.0. The molecular weight excluding hydrogens is 1770 g/mol. The molecular formula is C118H75N9S7. The number of para-hydroxylation sites is 6. The van der Waals surface area contributed by atoms with E-state index in [-0.39, 0.29) is 0 Å². The topological polar surface area (TPSA) is 87.1 Å². The van der Waals surface area contributed by atoms with Gasteiger partial charge >= 0.3 is 0 Å². The van der Waals surface area contributed by atoms with Gasteiger partial charge in [-0.2, -0.15) is 0 Å². The second-order valence-electron chi connectivity index (χ2n) is 32.7. The predicted octanol–water partition coefficient (Wildman–Crippen LogP) is 35.4. The van der Waals surface area contributed by atoms with Crippen molar-refractivity contribution in [2.24, 2.45) is 0 Å². The van der Waals surface area contributed by atoms with Gasteiger partial charge in [0.1, 0.15) is 10.8 Å². The maximum Gasteiger partial charge on any atom is 0.138 e. The fourth-order valence-electron chi connectivity index (χ4n) is 19.4. The Kier molecular flexibility index (Phi) is 20.8. The maximum atomic E-state index is 4.98. The van der Waals surface area contributed by atoms with Crippen LogP contribution in [0.1, 0.15) is 0 Å². The van der Waals surface area contributed by atoms with Crippen LogP contribution in [0.15, 0.2) is 446 Å². The van der Waals surface area contributed by atoms with Gasteiger partial charge in [0.2, 0.25) is 0 Å². The van der Waals surface area contributed by atoms with Crippen molar-refractivity contribution >= 4 is 291 Å². The number of hydrogen-bond donors (Lipinski definition) is 1. The van der Waals surface area contributed by atoms with Crippen molar-refractivity contribution < 1.29 is 0 Å². The van der Waals surface area contributed by atoms with Crippen molar-refractivity contribution in [1.82, 2.24) is 43.2 Å². The zero-order chi connectivity index (χ0) is 88.5. The van der Waals surface area contributed by atoms with Crippen LogP contribution in [-0.4, -0.2) is 43.2 Å². The van der Waals surface area contributed by atoms with E-state index in [2.05, 4.69) is 405 Å². The summed E-state index contributed by atoms with van der Waals surface area (Å²) in [6, 6.07) is 136. The standard InChI is InChI=1S/C26H15NS2.2C23H14N2S.C22H13NS2.C14H9NS.C6H6.C4H4N2/c1-3-9-21-16(6-1)18-12-13-23-20(14-15-28-23)25(18)27(21)22-10-5-8-19-17-7-2-4-11-24(17)29-26(19)22;1-3-7-19-15(5-1)9-12-22(24-19)25-20-8-4-2-6-16(20)17-10-11-21-18(23(17)25)13-14-26-21;1-2-6-16-15(5-1)13-24-14-21(16)25-20-8-4-3-7-17(20)18-9-10-22-19(23(18)25)11-12-26-22;1-4-8-19-14(5-1)13-21(25-19)23-18-7-3-2-6-15(18)16-9-10-20-17(22(16)23)11-12-24-20;1-2-4-12-9(3-1)10-5-6-13-11(7-8-16-13)14(10)15-12;1-2-4-6-5-3-1;1-2-6-4-3-5-1/h1-15H;2*1-14H;1-13H;1-8,15H;1-6H;1-4H. The number of nitrogens with one attached hydrogen (secondary N) is 1. The molecule has 0 amide bonds. The number of H-pyrrole nitrogens is 1. The molecule has 634 valence electrons. The summed E-state index contributed by atoms with van der Waals surface area (Å²) >= 11 is 12.7. The molecule has 31 rings (SSSR count). The molecule has 1 N–H and O–H groups in total. The maximum absolute atomic E-state index is 4.98. The molecule has 134 heavy (non-hydrogen) atoms. The summed E-state index contributed by atoms with van der Waals surface area (Å²) in [6.07, 6.45) is 10.5. The van der Waals surface area contributed by atoms with E-state index < -0.39 is 0 Å². The zero-order valence-electron chi connectivity index (χ0n) is 71.7. The summed E-state index contributed by atoms with van der Waals surface area (Å²) in [6.45, 7) is 0. The van der Waals surface area contributed by atoms with Crippen LogP contribution < -0.4 is 0 Å². The minimum Gasteiger partial charge on any atom is -0.354 e. The van der Waals surface area contributed by atoms with Gasteiger partial charge in [0, 0.05) is 177 Å². The van der Waals surface area contributed by atoms with E-state index in [1.165, 1.54) is 206 Å². The van der Waals surface area contributed by atoms with Crippen LogP contribution >= 0.6 is 79.4 Å². The summed E-state index contributed by atoms with van der Waals surface area (Å²) < 4.78 is 20.3.